The van der Waals surface area contributed by atoms with E-state index in [1.807, 2.05) is 0 Å². The highest BCUT2D eigenvalue weighted by Gasteiger charge is 2.36. The molecule has 0 bridgehead atoms. The van der Waals surface area contributed by atoms with Crippen LogP contribution in [0.5, 0.6) is 0 Å². The van der Waals surface area contributed by atoms with Gasteiger partial charge in [-0.3, -0.25) is 9.59 Å². The van der Waals surface area contributed by atoms with Gasteiger partial charge in [0.1, 0.15) is 0 Å². The summed E-state index contributed by atoms with van der Waals surface area (Å²) in [7, 11) is 0. The van der Waals surface area contributed by atoms with Crippen LogP contribution in [0.3, 0.4) is 0 Å². The average molecular weight is 190 g/mol. The van der Waals surface area contributed by atoms with Crippen LogP contribution in [0.2, 0.25) is 0 Å². The first-order chi connectivity index (χ1) is 5.81. The molecule has 5 heteroatoms. The van der Waals surface area contributed by atoms with E-state index >= 15 is 0 Å². The van der Waals surface area contributed by atoms with E-state index in [0.29, 0.717) is 0 Å². The number of rotatable bonds is 5. The Labute approximate surface area is 76.0 Å². The molecular weight excluding hydrogens is 176 g/mol. The van der Waals surface area contributed by atoms with E-state index in [2.05, 4.69) is 0 Å². The highest BCUT2D eigenvalue weighted by molar-refractivity contribution is 5.78. The summed E-state index contributed by atoms with van der Waals surface area (Å²) in [6.45, 7) is 2.70. The second-order valence-corrected chi connectivity index (χ2v) is 3.64. The molecule has 0 amide bonds. The van der Waals surface area contributed by atoms with Crippen molar-refractivity contribution < 1.29 is 24.9 Å². The fourth-order valence-corrected chi connectivity index (χ4v) is 0.983. The van der Waals surface area contributed by atoms with E-state index in [9.17, 15) is 9.59 Å². The first-order valence-corrected chi connectivity index (χ1v) is 3.86. The van der Waals surface area contributed by atoms with Crippen molar-refractivity contribution >= 4 is 11.9 Å². The third-order valence-corrected chi connectivity index (χ3v) is 2.03. The predicted octanol–water partition coefficient (Wildman–Crippen LogP) is 0.180. The number of aliphatic carboxylic acids is 2. The number of carboxylic acids is 2. The molecule has 0 spiro atoms. The maximum atomic E-state index is 10.7. The van der Waals surface area contributed by atoms with Gasteiger partial charge in [-0.05, 0) is 0 Å². The van der Waals surface area contributed by atoms with Crippen molar-refractivity contribution in [3.05, 3.63) is 0 Å². The van der Waals surface area contributed by atoms with Crippen LogP contribution < -0.4 is 0 Å². The Bertz CT molecular complexity index is 209. The lowest BCUT2D eigenvalue weighted by Gasteiger charge is -2.27. The Balaban J connectivity index is 4.60. The normalized spacial score (nSPS) is 13.8. The molecule has 0 rings (SSSR count). The maximum Gasteiger partial charge on any atom is 0.307 e. The van der Waals surface area contributed by atoms with Crippen molar-refractivity contribution in [1.29, 1.82) is 0 Å². The molecular formula is C8H14O5. The van der Waals surface area contributed by atoms with Crippen molar-refractivity contribution in [3.63, 3.8) is 0 Å². The Morgan fingerprint density at radius 1 is 1.31 bits per heavy atom. The van der Waals surface area contributed by atoms with Crippen molar-refractivity contribution in [1.82, 2.24) is 0 Å². The number of aliphatic hydroxyl groups excluding tert-OH is 1. The molecule has 76 valence electrons. The molecule has 0 aromatic carbocycles. The van der Waals surface area contributed by atoms with Crippen molar-refractivity contribution in [2.45, 2.75) is 20.3 Å². The molecule has 13 heavy (non-hydrogen) atoms. The van der Waals surface area contributed by atoms with Gasteiger partial charge in [-0.2, -0.15) is 0 Å². The largest absolute Gasteiger partial charge is 0.481 e. The monoisotopic (exact) mass is 190 g/mol. The average Bonchev–Trinajstić information content (AvgIpc) is 1.99. The molecule has 5 nitrogen and oxygen atoms in total. The summed E-state index contributed by atoms with van der Waals surface area (Å²) in [5, 5.41) is 26.0. The second-order valence-electron chi connectivity index (χ2n) is 3.64. The number of carboxylic acid groups (broad SMARTS) is 2. The topological polar surface area (TPSA) is 94.8 Å². The zero-order valence-electron chi connectivity index (χ0n) is 7.65. The van der Waals surface area contributed by atoms with E-state index in [1.165, 1.54) is 13.8 Å². The third-order valence-electron chi connectivity index (χ3n) is 2.03. The lowest BCUT2D eigenvalue weighted by atomic mass is 9.78. The van der Waals surface area contributed by atoms with Crippen molar-refractivity contribution in [2.24, 2.45) is 11.3 Å². The van der Waals surface area contributed by atoms with Crippen LogP contribution in [-0.4, -0.2) is 33.9 Å². The first-order valence-electron chi connectivity index (χ1n) is 3.86. The highest BCUT2D eigenvalue weighted by Crippen LogP contribution is 2.29. The van der Waals surface area contributed by atoms with Gasteiger partial charge in [-0.25, -0.2) is 0 Å². The minimum absolute atomic E-state index is 0.350. The molecule has 0 aliphatic rings. The molecule has 3 N–H and O–H groups in total. The van der Waals surface area contributed by atoms with E-state index < -0.39 is 29.7 Å². The van der Waals surface area contributed by atoms with Crippen LogP contribution in [0.15, 0.2) is 0 Å². The number of hydrogen-bond donors (Lipinski definition) is 3. The molecule has 0 fully saturated rings. The molecule has 0 saturated heterocycles. The van der Waals surface area contributed by atoms with Gasteiger partial charge in [0.15, 0.2) is 0 Å². The molecule has 0 aliphatic carbocycles. The fraction of sp³-hybridized carbons (Fsp3) is 0.750. The molecule has 0 radical (unpaired) electrons. The Kier molecular flexibility index (Phi) is 3.87. The maximum absolute atomic E-state index is 10.7. The zero-order valence-corrected chi connectivity index (χ0v) is 7.65. The molecule has 1 atom stereocenters. The lowest BCUT2D eigenvalue weighted by molar-refractivity contribution is -0.153. The number of aliphatic hydroxyl groups is 1. The van der Waals surface area contributed by atoms with Crippen LogP contribution in [0, 0.1) is 11.3 Å². The SMILES string of the molecule is CC(C)(CO)C(CC(=O)O)C(=O)O. The van der Waals surface area contributed by atoms with Gasteiger partial charge in [0, 0.05) is 12.0 Å². The summed E-state index contributed by atoms with van der Waals surface area (Å²) in [5.41, 5.74) is -0.912. The van der Waals surface area contributed by atoms with Gasteiger partial charge in [-0.15, -0.1) is 0 Å². The van der Waals surface area contributed by atoms with E-state index in [-0.39, 0.29) is 6.61 Å². The van der Waals surface area contributed by atoms with Crippen LogP contribution >= 0.6 is 0 Å². The zero-order chi connectivity index (χ0) is 10.6. The van der Waals surface area contributed by atoms with Crippen LogP contribution in [0.4, 0.5) is 0 Å². The van der Waals surface area contributed by atoms with E-state index in [1.54, 1.807) is 0 Å². The van der Waals surface area contributed by atoms with Gasteiger partial charge in [0.05, 0.1) is 12.3 Å². The Hall–Kier alpha value is -1.10. The summed E-state index contributed by atoms with van der Waals surface area (Å²) in [5.74, 6) is -3.43. The fourth-order valence-electron chi connectivity index (χ4n) is 0.983. The second kappa shape index (κ2) is 4.23. The molecule has 0 aromatic heterocycles. The van der Waals surface area contributed by atoms with Crippen LogP contribution in [0.1, 0.15) is 20.3 Å². The van der Waals surface area contributed by atoms with E-state index in [4.69, 9.17) is 15.3 Å². The summed E-state index contributed by atoms with van der Waals surface area (Å²) >= 11 is 0. The van der Waals surface area contributed by atoms with Crippen molar-refractivity contribution in [2.75, 3.05) is 6.61 Å². The minimum atomic E-state index is -1.19. The van der Waals surface area contributed by atoms with E-state index in [0.717, 1.165) is 0 Å². The van der Waals surface area contributed by atoms with Gasteiger partial charge < -0.3 is 15.3 Å². The Morgan fingerprint density at radius 3 is 2.00 bits per heavy atom. The molecule has 0 aliphatic heterocycles. The molecule has 0 aromatic rings. The minimum Gasteiger partial charge on any atom is -0.481 e. The Morgan fingerprint density at radius 2 is 1.77 bits per heavy atom. The van der Waals surface area contributed by atoms with Gasteiger partial charge in [0.25, 0.3) is 0 Å². The standard InChI is InChI=1S/C8H14O5/c1-8(2,4-9)5(7(12)13)3-6(10)11/h5,9H,3-4H2,1-2H3,(H,10,11)(H,12,13). The highest BCUT2D eigenvalue weighted by atomic mass is 16.4. The van der Waals surface area contributed by atoms with Gasteiger partial charge in [0.2, 0.25) is 0 Å². The molecule has 1 unspecified atom stereocenters. The molecule has 0 saturated carbocycles. The van der Waals surface area contributed by atoms with Gasteiger partial charge >= 0.3 is 11.9 Å². The molecule has 0 heterocycles. The third kappa shape index (κ3) is 3.42. The quantitative estimate of drug-likeness (QED) is 0.574. The van der Waals surface area contributed by atoms with Crippen LogP contribution in [0.25, 0.3) is 0 Å². The summed E-state index contributed by atoms with van der Waals surface area (Å²) in [6, 6.07) is 0. The lowest BCUT2D eigenvalue weighted by Crippen LogP contribution is -2.35. The summed E-state index contributed by atoms with van der Waals surface area (Å²) in [4.78, 5) is 21.0. The number of carbonyl (C=O) groups is 2. The van der Waals surface area contributed by atoms with Crippen molar-refractivity contribution in [3.8, 4) is 0 Å². The predicted molar refractivity (Wildman–Crippen MR) is 44.2 cm³/mol. The smallest absolute Gasteiger partial charge is 0.307 e. The number of hydrogen-bond acceptors (Lipinski definition) is 3. The summed E-state index contributed by atoms with van der Waals surface area (Å²) in [6.07, 6.45) is -0.469. The van der Waals surface area contributed by atoms with Gasteiger partial charge in [-0.1, -0.05) is 13.8 Å². The summed E-state index contributed by atoms with van der Waals surface area (Å²) < 4.78 is 0. The first kappa shape index (κ1) is 11.9. The van der Waals surface area contributed by atoms with Crippen LogP contribution in [-0.2, 0) is 9.59 Å².